The third-order valence-corrected chi connectivity index (χ3v) is 3.77. The maximum atomic E-state index is 11.1. The second kappa shape index (κ2) is 8.22. The first kappa shape index (κ1) is 16.1. The van der Waals surface area contributed by atoms with Gasteiger partial charge in [-0.25, -0.2) is 0 Å². The molecule has 1 heterocycles. The number of hydrogen-bond donors (Lipinski definition) is 1. The number of benzene rings is 1. The van der Waals surface area contributed by atoms with Crippen LogP contribution in [0.15, 0.2) is 41.9 Å². The molecule has 1 fully saturated rings. The van der Waals surface area contributed by atoms with Gasteiger partial charge in [0, 0.05) is 13.2 Å². The number of thiol groups is 1. The molecule has 5 heteroatoms. The maximum absolute atomic E-state index is 11.1. The van der Waals surface area contributed by atoms with E-state index in [0.29, 0.717) is 11.6 Å². The van der Waals surface area contributed by atoms with E-state index in [-0.39, 0.29) is 12.2 Å². The number of rotatable bonds is 7. The van der Waals surface area contributed by atoms with Crippen LogP contribution in [0.2, 0.25) is 0 Å². The van der Waals surface area contributed by atoms with Gasteiger partial charge in [0.05, 0.1) is 17.7 Å². The second-order valence-corrected chi connectivity index (χ2v) is 5.54. The van der Waals surface area contributed by atoms with Crippen molar-refractivity contribution in [3.8, 4) is 0 Å². The molecule has 1 saturated heterocycles. The van der Waals surface area contributed by atoms with Crippen LogP contribution >= 0.6 is 12.6 Å². The molecular weight excluding hydrogens is 286 g/mol. The minimum atomic E-state index is -0.191. The summed E-state index contributed by atoms with van der Waals surface area (Å²) in [7, 11) is 0. The van der Waals surface area contributed by atoms with Crippen molar-refractivity contribution in [2.75, 3.05) is 19.8 Å². The zero-order valence-electron chi connectivity index (χ0n) is 12.0. The second-order valence-electron chi connectivity index (χ2n) is 5.02. The van der Waals surface area contributed by atoms with Gasteiger partial charge in [-0.15, -0.1) is 12.6 Å². The van der Waals surface area contributed by atoms with Crippen molar-refractivity contribution in [3.05, 3.63) is 47.5 Å². The Morgan fingerprint density at radius 2 is 2.10 bits per heavy atom. The third-order valence-electron chi connectivity index (χ3n) is 3.52. The molecule has 114 valence electrons. The summed E-state index contributed by atoms with van der Waals surface area (Å²) in [6, 6.07) is 9.92. The van der Waals surface area contributed by atoms with Gasteiger partial charge in [0.25, 0.3) is 0 Å². The van der Waals surface area contributed by atoms with Crippen LogP contribution in [0.1, 0.15) is 24.5 Å². The molecular formula is C16H21NO3S. The molecule has 0 N–H and O–H groups in total. The summed E-state index contributed by atoms with van der Waals surface area (Å²) in [6.07, 6.45) is 2.46. The number of carbonyl (C=O) groups is 1. The molecule has 0 aliphatic carbocycles. The van der Waals surface area contributed by atoms with Gasteiger partial charge in [0.15, 0.2) is 0 Å². The quantitative estimate of drug-likeness (QED) is 0.622. The van der Waals surface area contributed by atoms with Crippen molar-refractivity contribution in [1.82, 2.24) is 4.90 Å². The fraction of sp³-hybridized carbons (Fsp3) is 0.438. The van der Waals surface area contributed by atoms with Gasteiger partial charge in [-0.2, -0.15) is 0 Å². The molecule has 1 unspecified atom stereocenters. The van der Waals surface area contributed by atoms with Crippen LogP contribution < -0.4 is 0 Å². The molecule has 1 aromatic carbocycles. The van der Waals surface area contributed by atoms with E-state index < -0.39 is 0 Å². The summed E-state index contributed by atoms with van der Waals surface area (Å²) in [5.41, 5.74) is 1.05. The van der Waals surface area contributed by atoms with Crippen LogP contribution in [0.25, 0.3) is 0 Å². The molecule has 1 atom stereocenters. The highest BCUT2D eigenvalue weighted by Gasteiger charge is 2.23. The van der Waals surface area contributed by atoms with Gasteiger partial charge in [-0.3, -0.25) is 4.79 Å². The van der Waals surface area contributed by atoms with E-state index in [2.05, 4.69) is 19.2 Å². The summed E-state index contributed by atoms with van der Waals surface area (Å²) in [5, 5.41) is 0.418. The van der Waals surface area contributed by atoms with E-state index in [4.69, 9.17) is 9.47 Å². The highest BCUT2D eigenvalue weighted by Crippen LogP contribution is 2.25. The molecule has 0 saturated carbocycles. The highest BCUT2D eigenvalue weighted by atomic mass is 32.1. The van der Waals surface area contributed by atoms with E-state index in [9.17, 15) is 4.79 Å². The standard InChI is InChI=1S/C16H21NO3S/c1-13(21)17(12-18)11-16(14-5-3-2-4-6-14)20-15-7-9-19-10-8-15/h2-6,12,15-16,21H,1,7-11H2. The minimum Gasteiger partial charge on any atom is -0.381 e. The van der Waals surface area contributed by atoms with Crippen molar-refractivity contribution in [1.29, 1.82) is 0 Å². The Hall–Kier alpha value is -1.30. The molecule has 1 aromatic rings. The summed E-state index contributed by atoms with van der Waals surface area (Å²) < 4.78 is 11.6. The lowest BCUT2D eigenvalue weighted by molar-refractivity contribution is -0.120. The Bertz CT molecular complexity index is 460. The average molecular weight is 307 g/mol. The number of amides is 1. The first-order valence-electron chi connectivity index (χ1n) is 7.08. The van der Waals surface area contributed by atoms with Crippen molar-refractivity contribution in [3.63, 3.8) is 0 Å². The molecule has 1 amide bonds. The van der Waals surface area contributed by atoms with Crippen LogP contribution in [-0.2, 0) is 14.3 Å². The highest BCUT2D eigenvalue weighted by molar-refractivity contribution is 7.84. The lowest BCUT2D eigenvalue weighted by Crippen LogP contribution is -2.31. The van der Waals surface area contributed by atoms with Crippen molar-refractivity contribution < 1.29 is 14.3 Å². The Morgan fingerprint density at radius 1 is 1.43 bits per heavy atom. The summed E-state index contributed by atoms with van der Waals surface area (Å²) in [6.45, 7) is 5.56. The van der Waals surface area contributed by atoms with Crippen LogP contribution in [0.4, 0.5) is 0 Å². The fourth-order valence-corrected chi connectivity index (χ4v) is 2.46. The zero-order valence-corrected chi connectivity index (χ0v) is 12.9. The lowest BCUT2D eigenvalue weighted by Gasteiger charge is -2.30. The number of ether oxygens (including phenoxy) is 2. The summed E-state index contributed by atoms with van der Waals surface area (Å²) >= 11 is 4.15. The van der Waals surface area contributed by atoms with Gasteiger partial charge in [-0.1, -0.05) is 36.9 Å². The molecule has 1 aliphatic rings. The molecule has 21 heavy (non-hydrogen) atoms. The van der Waals surface area contributed by atoms with Crippen LogP contribution in [0, 0.1) is 0 Å². The first-order valence-corrected chi connectivity index (χ1v) is 7.53. The smallest absolute Gasteiger partial charge is 0.214 e. The first-order chi connectivity index (χ1) is 10.2. The Balaban J connectivity index is 2.09. The Labute approximate surface area is 131 Å². The normalized spacial score (nSPS) is 17.2. The SMILES string of the molecule is C=C(S)N(C=O)CC(OC1CCOCC1)c1ccccc1. The number of nitrogens with zero attached hydrogens (tertiary/aromatic N) is 1. The Morgan fingerprint density at radius 3 is 2.67 bits per heavy atom. The predicted octanol–water partition coefficient (Wildman–Crippen LogP) is 2.78. The van der Waals surface area contributed by atoms with Gasteiger partial charge in [0.2, 0.25) is 6.41 Å². The van der Waals surface area contributed by atoms with Crippen LogP contribution in [-0.4, -0.2) is 37.2 Å². The summed E-state index contributed by atoms with van der Waals surface area (Å²) in [5.74, 6) is 0. The lowest BCUT2D eigenvalue weighted by atomic mass is 10.1. The van der Waals surface area contributed by atoms with E-state index in [1.165, 1.54) is 4.90 Å². The Kier molecular flexibility index (Phi) is 6.29. The molecule has 0 bridgehead atoms. The third kappa shape index (κ3) is 4.88. The van der Waals surface area contributed by atoms with Gasteiger partial charge in [-0.05, 0) is 18.4 Å². The van der Waals surface area contributed by atoms with Crippen molar-refractivity contribution in [2.24, 2.45) is 0 Å². The molecule has 2 rings (SSSR count). The molecule has 0 radical (unpaired) electrons. The fourth-order valence-electron chi connectivity index (χ4n) is 2.33. The van der Waals surface area contributed by atoms with E-state index in [1.54, 1.807) is 0 Å². The maximum Gasteiger partial charge on any atom is 0.214 e. The van der Waals surface area contributed by atoms with E-state index >= 15 is 0 Å². The monoisotopic (exact) mass is 307 g/mol. The van der Waals surface area contributed by atoms with Crippen molar-refractivity contribution in [2.45, 2.75) is 25.0 Å². The summed E-state index contributed by atoms with van der Waals surface area (Å²) in [4.78, 5) is 12.6. The molecule has 4 nitrogen and oxygen atoms in total. The topological polar surface area (TPSA) is 38.8 Å². The van der Waals surface area contributed by atoms with Crippen LogP contribution in [0.5, 0.6) is 0 Å². The molecule has 1 aliphatic heterocycles. The minimum absolute atomic E-state index is 0.158. The van der Waals surface area contributed by atoms with E-state index in [0.717, 1.165) is 38.0 Å². The number of carbonyl (C=O) groups excluding carboxylic acids is 1. The average Bonchev–Trinajstić information content (AvgIpc) is 2.53. The van der Waals surface area contributed by atoms with Gasteiger partial charge < -0.3 is 14.4 Å². The largest absolute Gasteiger partial charge is 0.381 e. The van der Waals surface area contributed by atoms with Crippen LogP contribution in [0.3, 0.4) is 0 Å². The molecule has 0 aromatic heterocycles. The van der Waals surface area contributed by atoms with E-state index in [1.807, 2.05) is 30.3 Å². The zero-order chi connectivity index (χ0) is 15.1. The predicted molar refractivity (Wildman–Crippen MR) is 85.0 cm³/mol. The van der Waals surface area contributed by atoms with Gasteiger partial charge in [0.1, 0.15) is 6.10 Å². The number of hydrogen-bond acceptors (Lipinski definition) is 4. The van der Waals surface area contributed by atoms with Crippen molar-refractivity contribution >= 4 is 19.0 Å². The van der Waals surface area contributed by atoms with Gasteiger partial charge >= 0.3 is 0 Å². The molecule has 0 spiro atoms.